The molecule has 2 aromatic rings. The van der Waals surface area contributed by atoms with Crippen LogP contribution in [0.2, 0.25) is 0 Å². The van der Waals surface area contributed by atoms with Gasteiger partial charge in [-0.1, -0.05) is 39.0 Å². The van der Waals surface area contributed by atoms with Gasteiger partial charge in [-0.15, -0.1) is 0 Å². The summed E-state index contributed by atoms with van der Waals surface area (Å²) in [7, 11) is -3.55. The second-order valence-electron chi connectivity index (χ2n) is 8.66. The van der Waals surface area contributed by atoms with Crippen molar-refractivity contribution in [2.45, 2.75) is 50.8 Å². The van der Waals surface area contributed by atoms with E-state index in [1.165, 1.54) is 4.31 Å². The number of pyridine rings is 1. The summed E-state index contributed by atoms with van der Waals surface area (Å²) < 4.78 is 27.4. The minimum Gasteiger partial charge on any atom is -0.310 e. The van der Waals surface area contributed by atoms with Crippen LogP contribution < -0.4 is 5.32 Å². The number of carbonyl (C=O) groups excluding carboxylic acids is 1. The number of rotatable bonds is 4. The van der Waals surface area contributed by atoms with Crippen molar-refractivity contribution in [1.29, 1.82) is 0 Å². The minimum absolute atomic E-state index is 0.0275. The van der Waals surface area contributed by atoms with Crippen molar-refractivity contribution in [3.8, 4) is 0 Å². The first-order valence-electron chi connectivity index (χ1n) is 9.91. The molecule has 1 saturated heterocycles. The average molecular weight is 416 g/mol. The van der Waals surface area contributed by atoms with E-state index in [1.807, 2.05) is 25.1 Å². The number of carbonyl (C=O) groups is 1. The van der Waals surface area contributed by atoms with Crippen molar-refractivity contribution in [3.63, 3.8) is 0 Å². The van der Waals surface area contributed by atoms with Crippen LogP contribution in [0.3, 0.4) is 0 Å². The molecule has 0 atom stereocenters. The molecule has 2 heterocycles. The molecular formula is C22H29N3O3S. The van der Waals surface area contributed by atoms with Gasteiger partial charge in [-0.3, -0.25) is 4.79 Å². The lowest BCUT2D eigenvalue weighted by molar-refractivity contribution is -0.120. The van der Waals surface area contributed by atoms with Crippen LogP contribution in [0.1, 0.15) is 44.7 Å². The summed E-state index contributed by atoms with van der Waals surface area (Å²) in [5, 5.41) is 2.83. The molecule has 3 rings (SSSR count). The molecule has 1 amide bonds. The monoisotopic (exact) mass is 415 g/mol. The van der Waals surface area contributed by atoms with Crippen molar-refractivity contribution in [2.24, 2.45) is 5.92 Å². The average Bonchev–Trinajstić information content (AvgIpc) is 2.69. The van der Waals surface area contributed by atoms with Gasteiger partial charge in [0.05, 0.1) is 4.90 Å². The van der Waals surface area contributed by atoms with Crippen LogP contribution in [-0.4, -0.2) is 36.7 Å². The summed E-state index contributed by atoms with van der Waals surface area (Å²) >= 11 is 0. The van der Waals surface area contributed by atoms with Crippen LogP contribution in [0.25, 0.3) is 0 Å². The molecule has 1 aliphatic heterocycles. The van der Waals surface area contributed by atoms with E-state index in [0.717, 1.165) is 11.1 Å². The number of anilines is 1. The molecule has 6 nitrogen and oxygen atoms in total. The summed E-state index contributed by atoms with van der Waals surface area (Å²) in [6.07, 6.45) is 2.70. The summed E-state index contributed by atoms with van der Waals surface area (Å²) in [5.74, 6) is 0.204. The van der Waals surface area contributed by atoms with E-state index in [2.05, 4.69) is 31.1 Å². The van der Waals surface area contributed by atoms with E-state index < -0.39 is 10.0 Å². The van der Waals surface area contributed by atoms with E-state index in [1.54, 1.807) is 24.4 Å². The highest BCUT2D eigenvalue weighted by molar-refractivity contribution is 7.89. The number of piperidine rings is 1. The number of nitrogens with one attached hydrogen (secondary N) is 1. The van der Waals surface area contributed by atoms with Crippen LogP contribution >= 0.6 is 0 Å². The van der Waals surface area contributed by atoms with Crippen molar-refractivity contribution in [2.75, 3.05) is 18.4 Å². The highest BCUT2D eigenvalue weighted by atomic mass is 32.2. The molecule has 1 N–H and O–H groups in total. The summed E-state index contributed by atoms with van der Waals surface area (Å²) in [6, 6.07) is 10.8. The lowest BCUT2D eigenvalue weighted by Crippen LogP contribution is -2.41. The van der Waals surface area contributed by atoms with Crippen LogP contribution in [0.5, 0.6) is 0 Å². The Labute approximate surface area is 173 Å². The third-order valence-electron chi connectivity index (χ3n) is 5.35. The topological polar surface area (TPSA) is 79.4 Å². The Bertz CT molecular complexity index is 954. The Morgan fingerprint density at radius 2 is 1.69 bits per heavy atom. The standard InChI is InChI=1S/C22H29N3O3S/c1-16-5-10-20(23-15-16)24-21(26)17-11-13-25(14-12-17)29(27,28)19-8-6-18(7-9-19)22(2,3)4/h5-10,15,17H,11-14H2,1-4H3,(H,23,24,26). The van der Waals surface area contributed by atoms with Crippen molar-refractivity contribution < 1.29 is 13.2 Å². The van der Waals surface area contributed by atoms with Gasteiger partial charge in [0.1, 0.15) is 5.82 Å². The first-order chi connectivity index (χ1) is 13.6. The van der Waals surface area contributed by atoms with Gasteiger partial charge < -0.3 is 5.32 Å². The third-order valence-corrected chi connectivity index (χ3v) is 7.26. The summed E-state index contributed by atoms with van der Waals surface area (Å²) in [6.45, 7) is 8.90. The lowest BCUT2D eigenvalue weighted by Gasteiger charge is -2.30. The summed E-state index contributed by atoms with van der Waals surface area (Å²) in [5.41, 5.74) is 2.09. The van der Waals surface area contributed by atoms with E-state index in [0.29, 0.717) is 36.6 Å². The van der Waals surface area contributed by atoms with E-state index in [4.69, 9.17) is 0 Å². The zero-order valence-corrected chi connectivity index (χ0v) is 18.3. The zero-order valence-electron chi connectivity index (χ0n) is 17.5. The molecule has 1 aromatic carbocycles. The van der Waals surface area contributed by atoms with Gasteiger partial charge in [0, 0.05) is 25.2 Å². The second-order valence-corrected chi connectivity index (χ2v) is 10.6. The molecule has 0 bridgehead atoms. The highest BCUT2D eigenvalue weighted by Crippen LogP contribution is 2.27. The van der Waals surface area contributed by atoms with E-state index >= 15 is 0 Å². The Balaban J connectivity index is 1.61. The number of hydrogen-bond acceptors (Lipinski definition) is 4. The van der Waals surface area contributed by atoms with Crippen LogP contribution in [0.15, 0.2) is 47.5 Å². The number of sulfonamides is 1. The number of aromatic nitrogens is 1. The minimum atomic E-state index is -3.55. The Kier molecular flexibility index (Phi) is 6.10. The fourth-order valence-corrected chi connectivity index (χ4v) is 4.87. The predicted molar refractivity (Wildman–Crippen MR) is 114 cm³/mol. The SMILES string of the molecule is Cc1ccc(NC(=O)C2CCN(S(=O)(=O)c3ccc(C(C)(C)C)cc3)CC2)nc1. The molecule has 0 aliphatic carbocycles. The lowest BCUT2D eigenvalue weighted by atomic mass is 9.87. The van der Waals surface area contributed by atoms with Gasteiger partial charge in [-0.2, -0.15) is 4.31 Å². The van der Waals surface area contributed by atoms with Crippen LogP contribution in [0.4, 0.5) is 5.82 Å². The van der Waals surface area contributed by atoms with Crippen molar-refractivity contribution in [3.05, 3.63) is 53.7 Å². The number of hydrogen-bond donors (Lipinski definition) is 1. The van der Waals surface area contributed by atoms with Gasteiger partial charge in [0.25, 0.3) is 0 Å². The first kappa shape index (κ1) is 21.5. The Hall–Kier alpha value is -2.25. The smallest absolute Gasteiger partial charge is 0.243 e. The molecule has 0 saturated carbocycles. The van der Waals surface area contributed by atoms with Gasteiger partial charge in [-0.05, 0) is 54.5 Å². The van der Waals surface area contributed by atoms with Gasteiger partial charge in [-0.25, -0.2) is 13.4 Å². The normalized spacial score (nSPS) is 16.6. The number of aryl methyl sites for hydroxylation is 1. The van der Waals surface area contributed by atoms with Gasteiger partial charge >= 0.3 is 0 Å². The Morgan fingerprint density at radius 3 is 2.21 bits per heavy atom. The largest absolute Gasteiger partial charge is 0.310 e. The second kappa shape index (κ2) is 8.24. The van der Waals surface area contributed by atoms with Crippen molar-refractivity contribution in [1.82, 2.24) is 9.29 Å². The maximum Gasteiger partial charge on any atom is 0.243 e. The van der Waals surface area contributed by atoms with E-state index in [9.17, 15) is 13.2 Å². The number of benzene rings is 1. The molecule has 1 fully saturated rings. The number of nitrogens with zero attached hydrogens (tertiary/aromatic N) is 2. The molecule has 156 valence electrons. The van der Waals surface area contributed by atoms with Crippen LogP contribution in [-0.2, 0) is 20.2 Å². The number of amides is 1. The van der Waals surface area contributed by atoms with Crippen LogP contribution in [0, 0.1) is 12.8 Å². The molecule has 0 radical (unpaired) electrons. The molecular weight excluding hydrogens is 386 g/mol. The maximum absolute atomic E-state index is 13.0. The first-order valence-corrected chi connectivity index (χ1v) is 11.4. The van der Waals surface area contributed by atoms with Gasteiger partial charge in [0.15, 0.2) is 0 Å². The molecule has 1 aromatic heterocycles. The molecule has 0 spiro atoms. The third kappa shape index (κ3) is 5.03. The molecule has 29 heavy (non-hydrogen) atoms. The molecule has 7 heteroatoms. The zero-order chi connectivity index (χ0) is 21.2. The molecule has 1 aliphatic rings. The highest BCUT2D eigenvalue weighted by Gasteiger charge is 2.32. The quantitative estimate of drug-likeness (QED) is 0.825. The summed E-state index contributed by atoms with van der Waals surface area (Å²) in [4.78, 5) is 17.0. The van der Waals surface area contributed by atoms with Crippen molar-refractivity contribution >= 4 is 21.7 Å². The Morgan fingerprint density at radius 1 is 1.07 bits per heavy atom. The van der Waals surface area contributed by atoms with E-state index in [-0.39, 0.29) is 17.2 Å². The fraction of sp³-hybridized carbons (Fsp3) is 0.455. The fourth-order valence-electron chi connectivity index (χ4n) is 3.40. The molecule has 0 unspecified atom stereocenters. The predicted octanol–water partition coefficient (Wildman–Crippen LogP) is 3.73. The maximum atomic E-state index is 13.0. The van der Waals surface area contributed by atoms with Gasteiger partial charge in [0.2, 0.25) is 15.9 Å².